The smallest absolute Gasteiger partial charge is 0.336 e. The van der Waals surface area contributed by atoms with Gasteiger partial charge in [0.2, 0.25) is 5.79 Å². The number of carbonyl (C=O) groups excluding carboxylic acids is 1. The van der Waals surface area contributed by atoms with Gasteiger partial charge in [0.05, 0.1) is 33.0 Å². The van der Waals surface area contributed by atoms with Crippen molar-refractivity contribution < 1.29 is 28.5 Å². The van der Waals surface area contributed by atoms with Gasteiger partial charge in [0.15, 0.2) is 12.2 Å². The zero-order chi connectivity index (χ0) is 17.8. The minimum absolute atomic E-state index is 0.111. The van der Waals surface area contributed by atoms with E-state index in [0.29, 0.717) is 6.61 Å². The van der Waals surface area contributed by atoms with Crippen LogP contribution in [0, 0.1) is 0 Å². The van der Waals surface area contributed by atoms with Gasteiger partial charge in [-0.2, -0.15) is 0 Å². The molecule has 24 heavy (non-hydrogen) atoms. The molecule has 1 fully saturated rings. The Bertz CT molecular complexity index is 433. The first-order valence-corrected chi connectivity index (χ1v) is 7.74. The zero-order valence-corrected chi connectivity index (χ0v) is 14.0. The fraction of sp³-hybridized carbons (Fsp3) is 0.500. The summed E-state index contributed by atoms with van der Waals surface area (Å²) in [6.07, 6.45) is 4.97. The minimum Gasteiger partial charge on any atom is -0.452 e. The maximum Gasteiger partial charge on any atom is 0.336 e. The van der Waals surface area contributed by atoms with Crippen LogP contribution >= 0.6 is 0 Å². The van der Waals surface area contributed by atoms with Gasteiger partial charge in [-0.3, -0.25) is 0 Å². The van der Waals surface area contributed by atoms with Crippen LogP contribution in [0.4, 0.5) is 0 Å². The second-order valence-corrected chi connectivity index (χ2v) is 5.08. The van der Waals surface area contributed by atoms with Crippen LogP contribution in [-0.4, -0.2) is 57.0 Å². The number of cyclic esters (lactones) is 1. The van der Waals surface area contributed by atoms with E-state index in [2.05, 4.69) is 26.3 Å². The molecule has 6 heteroatoms. The first-order valence-electron chi connectivity index (χ1n) is 7.74. The first kappa shape index (κ1) is 20.3. The van der Waals surface area contributed by atoms with Gasteiger partial charge in [-0.25, -0.2) is 4.79 Å². The Labute approximate surface area is 143 Å². The molecule has 2 unspecified atom stereocenters. The summed E-state index contributed by atoms with van der Waals surface area (Å²) in [5.41, 5.74) is 0. The molecule has 1 rings (SSSR count). The fourth-order valence-electron chi connectivity index (χ4n) is 2.26. The molecule has 0 spiro atoms. The molecule has 0 aromatic heterocycles. The van der Waals surface area contributed by atoms with Crippen LogP contribution in [0.3, 0.4) is 0 Å². The quantitative estimate of drug-likeness (QED) is 0.222. The van der Waals surface area contributed by atoms with Crippen LogP contribution in [0.2, 0.25) is 0 Å². The van der Waals surface area contributed by atoms with Crippen molar-refractivity contribution in [2.75, 3.05) is 33.0 Å². The van der Waals surface area contributed by atoms with Gasteiger partial charge >= 0.3 is 5.97 Å². The Morgan fingerprint density at radius 3 is 2.12 bits per heavy atom. The molecule has 0 bridgehead atoms. The molecule has 0 aliphatic carbocycles. The second-order valence-electron chi connectivity index (χ2n) is 5.08. The number of hydrogen-bond donors (Lipinski definition) is 0. The normalized spacial score (nSPS) is 22.4. The topological polar surface area (TPSA) is 63.2 Å². The lowest BCUT2D eigenvalue weighted by Gasteiger charge is -2.44. The zero-order valence-electron chi connectivity index (χ0n) is 14.0. The second kappa shape index (κ2) is 10.9. The fourth-order valence-corrected chi connectivity index (χ4v) is 2.26. The van der Waals surface area contributed by atoms with Gasteiger partial charge in [-0.1, -0.05) is 24.3 Å². The number of carbonyl (C=O) groups is 1. The highest BCUT2D eigenvalue weighted by atomic mass is 16.7. The molecule has 6 nitrogen and oxygen atoms in total. The third-order valence-electron chi connectivity index (χ3n) is 3.29. The molecule has 1 aliphatic heterocycles. The molecule has 0 N–H and O–H groups in total. The van der Waals surface area contributed by atoms with E-state index in [1.54, 1.807) is 24.3 Å². The third-order valence-corrected chi connectivity index (χ3v) is 3.29. The van der Waals surface area contributed by atoms with Crippen molar-refractivity contribution in [3.63, 3.8) is 0 Å². The lowest BCUT2D eigenvalue weighted by molar-refractivity contribution is -0.314. The van der Waals surface area contributed by atoms with Crippen LogP contribution in [0.25, 0.3) is 0 Å². The summed E-state index contributed by atoms with van der Waals surface area (Å²) in [6, 6.07) is 0. The minimum atomic E-state index is -1.21. The van der Waals surface area contributed by atoms with Gasteiger partial charge in [0.1, 0.15) is 0 Å². The van der Waals surface area contributed by atoms with Crippen molar-refractivity contribution >= 4 is 5.97 Å². The van der Waals surface area contributed by atoms with Crippen molar-refractivity contribution in [2.24, 2.45) is 0 Å². The molecule has 2 atom stereocenters. The van der Waals surface area contributed by atoms with E-state index in [9.17, 15) is 4.79 Å². The van der Waals surface area contributed by atoms with E-state index in [4.69, 9.17) is 23.7 Å². The number of esters is 1. The summed E-state index contributed by atoms with van der Waals surface area (Å²) in [6.45, 7) is 15.5. The van der Waals surface area contributed by atoms with E-state index >= 15 is 0 Å². The van der Waals surface area contributed by atoms with Crippen LogP contribution in [-0.2, 0) is 28.5 Å². The van der Waals surface area contributed by atoms with E-state index in [0.717, 1.165) is 0 Å². The molecule has 1 heterocycles. The average molecular weight is 338 g/mol. The van der Waals surface area contributed by atoms with Crippen molar-refractivity contribution in [1.82, 2.24) is 0 Å². The molecule has 1 saturated heterocycles. The molecular formula is C18H26O6. The van der Waals surface area contributed by atoms with Gasteiger partial charge in [0, 0.05) is 6.42 Å². The summed E-state index contributed by atoms with van der Waals surface area (Å²) >= 11 is 0. The van der Waals surface area contributed by atoms with Gasteiger partial charge in [0.25, 0.3) is 0 Å². The Morgan fingerprint density at radius 1 is 1.00 bits per heavy atom. The van der Waals surface area contributed by atoms with E-state index in [1.807, 2.05) is 0 Å². The summed E-state index contributed by atoms with van der Waals surface area (Å²) in [5.74, 6) is -1.69. The summed E-state index contributed by atoms with van der Waals surface area (Å²) in [4.78, 5) is 12.2. The molecule has 0 saturated carbocycles. The van der Waals surface area contributed by atoms with Crippen molar-refractivity contribution in [3.8, 4) is 0 Å². The Kier molecular flexibility index (Phi) is 9.26. The Morgan fingerprint density at radius 2 is 1.58 bits per heavy atom. The van der Waals surface area contributed by atoms with E-state index < -0.39 is 24.0 Å². The predicted octanol–water partition coefficient (Wildman–Crippen LogP) is 2.18. The van der Waals surface area contributed by atoms with Crippen LogP contribution in [0.1, 0.15) is 6.42 Å². The first-order chi connectivity index (χ1) is 11.6. The molecule has 0 radical (unpaired) electrons. The Hall–Kier alpha value is -1.73. The van der Waals surface area contributed by atoms with Crippen molar-refractivity contribution in [2.45, 2.75) is 24.4 Å². The number of ether oxygens (including phenoxy) is 5. The van der Waals surface area contributed by atoms with Gasteiger partial charge in [-0.15, -0.1) is 26.3 Å². The molecular weight excluding hydrogens is 312 g/mol. The summed E-state index contributed by atoms with van der Waals surface area (Å²) in [5, 5.41) is 0. The molecule has 134 valence electrons. The van der Waals surface area contributed by atoms with E-state index in [1.165, 1.54) is 0 Å². The predicted molar refractivity (Wildman–Crippen MR) is 90.5 cm³/mol. The monoisotopic (exact) mass is 338 g/mol. The van der Waals surface area contributed by atoms with Crippen LogP contribution < -0.4 is 0 Å². The highest BCUT2D eigenvalue weighted by molar-refractivity contribution is 5.76. The number of rotatable bonds is 13. The van der Waals surface area contributed by atoms with Crippen LogP contribution in [0.5, 0.6) is 0 Å². The van der Waals surface area contributed by atoms with Gasteiger partial charge in [-0.05, 0) is 0 Å². The number of hydrogen-bond acceptors (Lipinski definition) is 6. The average Bonchev–Trinajstić information content (AvgIpc) is 2.59. The van der Waals surface area contributed by atoms with Crippen LogP contribution in [0.15, 0.2) is 50.6 Å². The highest BCUT2D eigenvalue weighted by Gasteiger charge is 2.52. The lowest BCUT2D eigenvalue weighted by Crippen LogP contribution is -2.59. The highest BCUT2D eigenvalue weighted by Crippen LogP contribution is 2.33. The maximum atomic E-state index is 12.2. The molecule has 0 aromatic rings. The van der Waals surface area contributed by atoms with Crippen molar-refractivity contribution in [1.29, 1.82) is 0 Å². The molecule has 0 aromatic carbocycles. The maximum absolute atomic E-state index is 12.2. The summed E-state index contributed by atoms with van der Waals surface area (Å²) < 4.78 is 28.1. The standard InChI is InChI=1S/C18H26O6/c1-5-9-20-14-16-18(22-11-7-3,23-12-8-4)13-15(17(19)24-16)21-10-6-2/h5-8,15-16H,1-4,9-14H2. The SMILES string of the molecule is C=CCOCC1OC(=O)C(OCC=C)CC1(OCC=C)OCC=C. The third kappa shape index (κ3) is 5.72. The van der Waals surface area contributed by atoms with Gasteiger partial charge < -0.3 is 23.7 Å². The lowest BCUT2D eigenvalue weighted by atomic mass is 9.98. The molecule has 0 amide bonds. The largest absolute Gasteiger partial charge is 0.452 e. The Balaban J connectivity index is 2.98. The van der Waals surface area contributed by atoms with E-state index in [-0.39, 0.29) is 32.8 Å². The summed E-state index contributed by atoms with van der Waals surface area (Å²) in [7, 11) is 0. The van der Waals surface area contributed by atoms with Crippen molar-refractivity contribution in [3.05, 3.63) is 50.6 Å². The molecule has 1 aliphatic rings.